The maximum atomic E-state index is 11.3. The predicted molar refractivity (Wildman–Crippen MR) is 62.5 cm³/mol. The topological polar surface area (TPSA) is 38.3 Å². The van der Waals surface area contributed by atoms with Crippen molar-refractivity contribution in [3.05, 3.63) is 11.3 Å². The molecule has 0 amide bonds. The fraction of sp³-hybridized carbons (Fsp3) is 0.750. The summed E-state index contributed by atoms with van der Waals surface area (Å²) in [4.78, 5) is 11.3. The number of ether oxygens (including phenoxy) is 1. The lowest BCUT2D eigenvalue weighted by Gasteiger charge is -2.12. The van der Waals surface area contributed by atoms with Crippen molar-refractivity contribution >= 4 is 5.97 Å². The monoisotopic (exact) mass is 213 g/mol. The molecule has 0 radical (unpaired) electrons. The van der Waals surface area contributed by atoms with Crippen LogP contribution in [-0.4, -0.2) is 19.6 Å². The molecule has 0 spiro atoms. The van der Waals surface area contributed by atoms with Crippen molar-refractivity contribution in [2.24, 2.45) is 0 Å². The molecule has 1 N–H and O–H groups in total. The summed E-state index contributed by atoms with van der Waals surface area (Å²) in [5.74, 6) is -0.234. The van der Waals surface area contributed by atoms with Crippen LogP contribution in [0.25, 0.3) is 0 Å². The first-order valence-electron chi connectivity index (χ1n) is 5.69. The maximum Gasteiger partial charge on any atom is 0.335 e. The van der Waals surface area contributed by atoms with E-state index in [1.165, 1.54) is 7.11 Å². The highest BCUT2D eigenvalue weighted by atomic mass is 16.5. The summed E-state index contributed by atoms with van der Waals surface area (Å²) < 4.78 is 4.71. The normalized spacial score (nSPS) is 12.0. The average molecular weight is 213 g/mol. The Morgan fingerprint density at radius 3 is 2.40 bits per heavy atom. The molecule has 0 aromatic carbocycles. The smallest absolute Gasteiger partial charge is 0.335 e. The van der Waals surface area contributed by atoms with E-state index in [0.29, 0.717) is 5.57 Å². The quantitative estimate of drug-likeness (QED) is 0.401. The molecule has 0 heterocycles. The molecule has 88 valence electrons. The number of nitrogens with one attached hydrogen (secondary N) is 1. The number of carbonyl (C=O) groups excluding carboxylic acids is 1. The molecule has 3 heteroatoms. The van der Waals surface area contributed by atoms with Crippen LogP contribution in [0.5, 0.6) is 0 Å². The summed E-state index contributed by atoms with van der Waals surface area (Å²) in [5.41, 5.74) is 1.73. The first-order valence-corrected chi connectivity index (χ1v) is 5.69. The Bertz CT molecular complexity index is 222. The summed E-state index contributed by atoms with van der Waals surface area (Å²) in [6, 6.07) is 0. The molecule has 0 aromatic heterocycles. The van der Waals surface area contributed by atoms with E-state index in [2.05, 4.69) is 19.2 Å². The van der Waals surface area contributed by atoms with Gasteiger partial charge < -0.3 is 10.1 Å². The van der Waals surface area contributed by atoms with E-state index in [0.717, 1.165) is 37.9 Å². The van der Waals surface area contributed by atoms with Crippen LogP contribution in [0, 0.1) is 0 Å². The van der Waals surface area contributed by atoms with Crippen molar-refractivity contribution in [1.29, 1.82) is 0 Å². The van der Waals surface area contributed by atoms with Crippen molar-refractivity contribution in [1.82, 2.24) is 5.32 Å². The fourth-order valence-corrected chi connectivity index (χ4v) is 1.35. The van der Waals surface area contributed by atoms with Crippen LogP contribution >= 0.6 is 0 Å². The van der Waals surface area contributed by atoms with Gasteiger partial charge in [-0.1, -0.05) is 26.7 Å². The van der Waals surface area contributed by atoms with E-state index >= 15 is 0 Å². The van der Waals surface area contributed by atoms with Gasteiger partial charge in [0.05, 0.1) is 12.7 Å². The first-order chi connectivity index (χ1) is 7.17. The van der Waals surface area contributed by atoms with E-state index in [1.54, 1.807) is 0 Å². The Kier molecular flexibility index (Phi) is 7.78. The number of allylic oxidation sites excluding steroid dienone is 1. The van der Waals surface area contributed by atoms with Crippen molar-refractivity contribution < 1.29 is 9.53 Å². The molecule has 0 aliphatic rings. The lowest BCUT2D eigenvalue weighted by Crippen LogP contribution is -2.19. The summed E-state index contributed by atoms with van der Waals surface area (Å²) in [7, 11) is 1.42. The molecule has 0 saturated heterocycles. The second-order valence-corrected chi connectivity index (χ2v) is 3.63. The van der Waals surface area contributed by atoms with Crippen molar-refractivity contribution in [2.45, 2.75) is 46.5 Å². The van der Waals surface area contributed by atoms with Crippen LogP contribution < -0.4 is 5.32 Å². The predicted octanol–water partition coefficient (Wildman–Crippen LogP) is 2.62. The molecule has 0 atom stereocenters. The Morgan fingerprint density at radius 2 is 1.93 bits per heavy atom. The van der Waals surface area contributed by atoms with Crippen LogP contribution in [0.15, 0.2) is 11.3 Å². The van der Waals surface area contributed by atoms with Crippen molar-refractivity contribution in [3.63, 3.8) is 0 Å². The van der Waals surface area contributed by atoms with E-state index < -0.39 is 0 Å². The highest BCUT2D eigenvalue weighted by molar-refractivity contribution is 5.88. The standard InChI is InChI=1S/C12H23NO2/c1-5-7-9-13-11(8-6-2)10(3)12(14)15-4/h13H,5-9H2,1-4H3. The lowest BCUT2D eigenvalue weighted by molar-refractivity contribution is -0.136. The fourth-order valence-electron chi connectivity index (χ4n) is 1.35. The van der Waals surface area contributed by atoms with E-state index in [1.807, 2.05) is 6.92 Å². The molecule has 0 fully saturated rings. The van der Waals surface area contributed by atoms with E-state index in [9.17, 15) is 4.79 Å². The molecule has 0 bridgehead atoms. The zero-order valence-corrected chi connectivity index (χ0v) is 10.4. The number of methoxy groups -OCH3 is 1. The van der Waals surface area contributed by atoms with Crippen LogP contribution in [0.3, 0.4) is 0 Å². The number of rotatable bonds is 7. The van der Waals surface area contributed by atoms with Gasteiger partial charge in [0.15, 0.2) is 0 Å². The van der Waals surface area contributed by atoms with Gasteiger partial charge in [0.2, 0.25) is 0 Å². The Balaban J connectivity index is 4.39. The van der Waals surface area contributed by atoms with Crippen LogP contribution in [0.1, 0.15) is 46.5 Å². The number of esters is 1. The minimum Gasteiger partial charge on any atom is -0.466 e. The number of unbranched alkanes of at least 4 members (excludes halogenated alkanes) is 1. The van der Waals surface area contributed by atoms with Crippen LogP contribution in [0.4, 0.5) is 0 Å². The van der Waals surface area contributed by atoms with Crippen LogP contribution in [-0.2, 0) is 9.53 Å². The second-order valence-electron chi connectivity index (χ2n) is 3.63. The third-order valence-electron chi connectivity index (χ3n) is 2.31. The molecule has 15 heavy (non-hydrogen) atoms. The van der Waals surface area contributed by atoms with Gasteiger partial charge in [-0.3, -0.25) is 0 Å². The van der Waals surface area contributed by atoms with Gasteiger partial charge in [-0.25, -0.2) is 4.79 Å². The Hall–Kier alpha value is -0.990. The molecule has 0 saturated carbocycles. The van der Waals surface area contributed by atoms with Gasteiger partial charge in [0.1, 0.15) is 0 Å². The molecule has 0 aliphatic heterocycles. The number of carbonyl (C=O) groups is 1. The third kappa shape index (κ3) is 5.45. The van der Waals surface area contributed by atoms with Crippen molar-refractivity contribution in [3.8, 4) is 0 Å². The maximum absolute atomic E-state index is 11.3. The van der Waals surface area contributed by atoms with E-state index in [-0.39, 0.29) is 5.97 Å². The lowest BCUT2D eigenvalue weighted by atomic mass is 10.1. The molecule has 3 nitrogen and oxygen atoms in total. The average Bonchev–Trinajstić information content (AvgIpc) is 2.26. The zero-order valence-electron chi connectivity index (χ0n) is 10.4. The number of hydrogen-bond donors (Lipinski definition) is 1. The Labute approximate surface area is 92.9 Å². The minimum absolute atomic E-state index is 0.234. The number of hydrogen-bond acceptors (Lipinski definition) is 3. The Morgan fingerprint density at radius 1 is 1.27 bits per heavy atom. The SMILES string of the molecule is CCCCNC(CCC)=C(C)C(=O)OC. The summed E-state index contributed by atoms with van der Waals surface area (Å²) >= 11 is 0. The molecular weight excluding hydrogens is 190 g/mol. The molecule has 0 aliphatic carbocycles. The highest BCUT2D eigenvalue weighted by Crippen LogP contribution is 2.09. The molecule has 0 unspecified atom stereocenters. The summed E-state index contributed by atoms with van der Waals surface area (Å²) in [5, 5.41) is 3.32. The van der Waals surface area contributed by atoms with Gasteiger partial charge in [0, 0.05) is 12.2 Å². The highest BCUT2D eigenvalue weighted by Gasteiger charge is 2.09. The third-order valence-corrected chi connectivity index (χ3v) is 2.31. The van der Waals surface area contributed by atoms with Gasteiger partial charge in [0.25, 0.3) is 0 Å². The van der Waals surface area contributed by atoms with E-state index in [4.69, 9.17) is 4.74 Å². The molecular formula is C12H23NO2. The van der Waals surface area contributed by atoms with Gasteiger partial charge in [-0.2, -0.15) is 0 Å². The molecule has 0 aromatic rings. The zero-order chi connectivity index (χ0) is 11.7. The summed E-state index contributed by atoms with van der Waals surface area (Å²) in [6.45, 7) is 7.00. The second kappa shape index (κ2) is 8.33. The van der Waals surface area contributed by atoms with Crippen molar-refractivity contribution in [2.75, 3.05) is 13.7 Å². The molecule has 0 rings (SSSR count). The largest absolute Gasteiger partial charge is 0.466 e. The van der Waals surface area contributed by atoms with Gasteiger partial charge in [-0.05, 0) is 19.8 Å². The van der Waals surface area contributed by atoms with Gasteiger partial charge >= 0.3 is 5.97 Å². The van der Waals surface area contributed by atoms with Crippen LogP contribution in [0.2, 0.25) is 0 Å². The minimum atomic E-state index is -0.234. The summed E-state index contributed by atoms with van der Waals surface area (Å²) in [6.07, 6.45) is 4.22. The van der Waals surface area contributed by atoms with Gasteiger partial charge in [-0.15, -0.1) is 0 Å². The first kappa shape index (κ1) is 14.0.